The molecule has 3 aromatic heterocycles. The summed E-state index contributed by atoms with van der Waals surface area (Å²) in [5.74, 6) is 0.983. The second-order valence-corrected chi connectivity index (χ2v) is 7.89. The fraction of sp³-hybridized carbons (Fsp3) is 0.200. The Labute approximate surface area is 194 Å². The van der Waals surface area contributed by atoms with Crippen LogP contribution in [0.2, 0.25) is 0 Å². The molecule has 0 saturated carbocycles. The summed E-state index contributed by atoms with van der Waals surface area (Å²) in [5, 5.41) is 13.1. The Kier molecular flexibility index (Phi) is 5.45. The van der Waals surface area contributed by atoms with E-state index in [0.29, 0.717) is 41.3 Å². The molecular formula is C25H22FN5O3. The van der Waals surface area contributed by atoms with Crippen LogP contribution in [0.15, 0.2) is 59.5 Å². The number of aryl methyl sites for hydroxylation is 3. The molecule has 0 aliphatic heterocycles. The number of fused-ring (bicyclic) bond motifs is 3. The van der Waals surface area contributed by atoms with Gasteiger partial charge in [-0.1, -0.05) is 18.2 Å². The van der Waals surface area contributed by atoms with Crippen LogP contribution in [0.3, 0.4) is 0 Å². The molecule has 34 heavy (non-hydrogen) atoms. The van der Waals surface area contributed by atoms with Crippen molar-refractivity contribution in [2.24, 2.45) is 0 Å². The average Bonchev–Trinajstić information content (AvgIpc) is 3.20. The molecule has 0 saturated heterocycles. The predicted molar refractivity (Wildman–Crippen MR) is 126 cm³/mol. The molecule has 0 aliphatic carbocycles. The number of hydrogen-bond donors (Lipinski definition) is 0. The van der Waals surface area contributed by atoms with Gasteiger partial charge in [-0.25, -0.2) is 8.91 Å². The number of nitrogens with zero attached hydrogens (tertiary/aromatic N) is 5. The molecule has 5 rings (SSSR count). The van der Waals surface area contributed by atoms with Gasteiger partial charge in [0.25, 0.3) is 5.56 Å². The topological polar surface area (TPSA) is 83.5 Å². The Bertz CT molecular complexity index is 1570. The van der Waals surface area contributed by atoms with Crippen LogP contribution in [-0.2, 0) is 13.0 Å². The molecule has 0 unspecified atom stereocenters. The molecule has 0 bridgehead atoms. The van der Waals surface area contributed by atoms with Crippen molar-refractivity contribution in [1.82, 2.24) is 24.4 Å². The summed E-state index contributed by atoms with van der Waals surface area (Å²) in [7, 11) is 3.18. The summed E-state index contributed by atoms with van der Waals surface area (Å²) in [5.41, 5.74) is 4.33. The number of aromatic nitrogens is 5. The van der Waals surface area contributed by atoms with Gasteiger partial charge in [0.1, 0.15) is 11.3 Å². The number of benzene rings is 2. The first-order valence-corrected chi connectivity index (χ1v) is 10.7. The third kappa shape index (κ3) is 3.64. The van der Waals surface area contributed by atoms with Crippen molar-refractivity contribution in [3.05, 3.63) is 82.2 Å². The second kappa shape index (κ2) is 8.58. The van der Waals surface area contributed by atoms with Crippen molar-refractivity contribution in [2.75, 3.05) is 14.2 Å². The van der Waals surface area contributed by atoms with Crippen molar-refractivity contribution >= 4 is 16.7 Å². The summed E-state index contributed by atoms with van der Waals surface area (Å²) in [6.45, 7) is 2.31. The number of hydrogen-bond acceptors (Lipinski definition) is 6. The lowest BCUT2D eigenvalue weighted by atomic mass is 10.1. The zero-order valence-corrected chi connectivity index (χ0v) is 18.9. The fourth-order valence-electron chi connectivity index (χ4n) is 4.11. The van der Waals surface area contributed by atoms with Crippen LogP contribution >= 0.6 is 0 Å². The van der Waals surface area contributed by atoms with Gasteiger partial charge < -0.3 is 14.0 Å². The van der Waals surface area contributed by atoms with Gasteiger partial charge >= 0.3 is 0 Å². The Morgan fingerprint density at radius 3 is 2.47 bits per heavy atom. The summed E-state index contributed by atoms with van der Waals surface area (Å²) in [6, 6.07) is 13.6. The minimum Gasteiger partial charge on any atom is -0.493 e. The van der Waals surface area contributed by atoms with E-state index < -0.39 is 0 Å². The highest BCUT2D eigenvalue weighted by Crippen LogP contribution is 2.29. The van der Waals surface area contributed by atoms with Gasteiger partial charge in [-0.05, 0) is 54.8 Å². The summed E-state index contributed by atoms with van der Waals surface area (Å²) >= 11 is 0. The lowest BCUT2D eigenvalue weighted by molar-refractivity contribution is 0.354. The van der Waals surface area contributed by atoms with Crippen LogP contribution < -0.4 is 15.0 Å². The number of methoxy groups -OCH3 is 2. The van der Waals surface area contributed by atoms with Gasteiger partial charge in [0.2, 0.25) is 0 Å². The van der Waals surface area contributed by atoms with Crippen LogP contribution in [0.4, 0.5) is 4.39 Å². The van der Waals surface area contributed by atoms with Crippen molar-refractivity contribution in [3.8, 4) is 22.6 Å². The summed E-state index contributed by atoms with van der Waals surface area (Å²) in [6.07, 6.45) is 2.36. The Morgan fingerprint density at radius 1 is 0.971 bits per heavy atom. The Morgan fingerprint density at radius 2 is 1.74 bits per heavy atom. The standard InChI is InChI=1S/C25H22FN5O3/c1-15-22(17-5-7-18(26)8-6-17)24-28-27-23-19(31(24)29-15)11-13-30(25(23)32)12-10-16-4-9-20(33-2)21(14-16)34-3/h4-9,11,13-14H,10,12H2,1-3H3. The van der Waals surface area contributed by atoms with Crippen LogP contribution in [-0.4, -0.2) is 38.6 Å². The number of rotatable bonds is 6. The summed E-state index contributed by atoms with van der Waals surface area (Å²) in [4.78, 5) is 13.1. The van der Waals surface area contributed by atoms with Gasteiger partial charge in [0, 0.05) is 12.7 Å². The third-order valence-corrected chi connectivity index (χ3v) is 5.85. The second-order valence-electron chi connectivity index (χ2n) is 7.89. The van der Waals surface area contributed by atoms with E-state index in [0.717, 1.165) is 16.7 Å². The smallest absolute Gasteiger partial charge is 0.280 e. The van der Waals surface area contributed by atoms with Crippen LogP contribution in [0, 0.1) is 12.7 Å². The molecule has 0 radical (unpaired) electrons. The molecule has 172 valence electrons. The van der Waals surface area contributed by atoms with E-state index in [1.54, 1.807) is 41.6 Å². The van der Waals surface area contributed by atoms with Crippen LogP contribution in [0.25, 0.3) is 27.8 Å². The molecule has 3 heterocycles. The van der Waals surface area contributed by atoms with Gasteiger partial charge in [-0.15, -0.1) is 10.2 Å². The maximum atomic E-state index is 13.4. The summed E-state index contributed by atoms with van der Waals surface area (Å²) < 4.78 is 27.2. The zero-order chi connectivity index (χ0) is 23.8. The largest absolute Gasteiger partial charge is 0.493 e. The van der Waals surface area contributed by atoms with Crippen molar-refractivity contribution in [1.29, 1.82) is 0 Å². The van der Waals surface area contributed by atoms with E-state index in [1.807, 2.05) is 31.2 Å². The van der Waals surface area contributed by atoms with Crippen LogP contribution in [0.1, 0.15) is 11.3 Å². The highest BCUT2D eigenvalue weighted by Gasteiger charge is 2.17. The molecule has 0 atom stereocenters. The maximum Gasteiger partial charge on any atom is 0.280 e. The van der Waals surface area contributed by atoms with Crippen molar-refractivity contribution in [3.63, 3.8) is 0 Å². The van der Waals surface area contributed by atoms with E-state index in [2.05, 4.69) is 15.3 Å². The molecule has 0 fully saturated rings. The number of halogens is 1. The van der Waals surface area contributed by atoms with E-state index in [-0.39, 0.29) is 16.9 Å². The van der Waals surface area contributed by atoms with Gasteiger partial charge in [-0.3, -0.25) is 4.79 Å². The highest BCUT2D eigenvalue weighted by atomic mass is 19.1. The van der Waals surface area contributed by atoms with Gasteiger partial charge in [0.15, 0.2) is 22.7 Å². The zero-order valence-electron chi connectivity index (χ0n) is 18.9. The van der Waals surface area contributed by atoms with E-state index in [9.17, 15) is 9.18 Å². The average molecular weight is 459 g/mol. The predicted octanol–water partition coefficient (Wildman–Crippen LogP) is 3.81. The maximum absolute atomic E-state index is 13.4. The first kappa shape index (κ1) is 21.6. The molecule has 0 spiro atoms. The molecule has 8 nitrogen and oxygen atoms in total. The van der Waals surface area contributed by atoms with Crippen molar-refractivity contribution < 1.29 is 13.9 Å². The van der Waals surface area contributed by atoms with Gasteiger partial charge in [-0.2, -0.15) is 5.10 Å². The first-order valence-electron chi connectivity index (χ1n) is 10.7. The van der Waals surface area contributed by atoms with Crippen molar-refractivity contribution in [2.45, 2.75) is 19.9 Å². The first-order chi connectivity index (χ1) is 16.5. The fourth-order valence-corrected chi connectivity index (χ4v) is 4.11. The quantitative estimate of drug-likeness (QED) is 0.384. The molecule has 9 heteroatoms. The van der Waals surface area contributed by atoms with Gasteiger partial charge in [0.05, 0.1) is 25.5 Å². The monoisotopic (exact) mass is 459 g/mol. The SMILES string of the molecule is COc1ccc(CCn2ccc3c(nnc4c(-c5ccc(F)cc5)c(C)nn43)c2=O)cc1OC. The molecule has 0 N–H and O–H groups in total. The Hall–Kier alpha value is -4.27. The lowest BCUT2D eigenvalue weighted by Gasteiger charge is -2.11. The van der Waals surface area contributed by atoms with E-state index in [1.165, 1.54) is 12.1 Å². The third-order valence-electron chi connectivity index (χ3n) is 5.85. The molecule has 0 amide bonds. The highest BCUT2D eigenvalue weighted by molar-refractivity contribution is 5.84. The molecular weight excluding hydrogens is 437 g/mol. The minimum atomic E-state index is -0.317. The van der Waals surface area contributed by atoms with E-state index in [4.69, 9.17) is 9.47 Å². The Balaban J connectivity index is 1.51. The molecule has 5 aromatic rings. The minimum absolute atomic E-state index is 0.232. The molecule has 0 aliphatic rings. The van der Waals surface area contributed by atoms with E-state index >= 15 is 0 Å². The number of pyridine rings is 1. The van der Waals surface area contributed by atoms with Crippen LogP contribution in [0.5, 0.6) is 11.5 Å². The molecule has 2 aromatic carbocycles. The number of ether oxygens (including phenoxy) is 2. The normalized spacial score (nSPS) is 11.3. The lowest BCUT2D eigenvalue weighted by Crippen LogP contribution is -2.22.